The minimum atomic E-state index is -0.0404. The van der Waals surface area contributed by atoms with Gasteiger partial charge in [0.15, 0.2) is 5.69 Å². The van der Waals surface area contributed by atoms with E-state index in [9.17, 15) is 4.79 Å². The molecule has 2 aliphatic rings. The average molecular weight is 279 g/mol. The molecule has 1 amide bonds. The number of nitrogens with zero attached hydrogens (tertiary/aromatic N) is 4. The van der Waals surface area contributed by atoms with Crippen molar-refractivity contribution in [2.45, 2.75) is 19.4 Å². The molecule has 0 unspecified atom stereocenters. The van der Waals surface area contributed by atoms with Crippen LogP contribution in [0.15, 0.2) is 6.20 Å². The maximum absolute atomic E-state index is 12.2. The zero-order valence-electron chi connectivity index (χ0n) is 11.6. The van der Waals surface area contributed by atoms with Gasteiger partial charge in [0.25, 0.3) is 5.91 Å². The molecular weight excluding hydrogens is 258 g/mol. The Hall–Kier alpha value is -1.47. The number of piperidine rings is 1. The van der Waals surface area contributed by atoms with Gasteiger partial charge in [-0.05, 0) is 31.8 Å². The number of hydrogen-bond donors (Lipinski definition) is 1. The van der Waals surface area contributed by atoms with Crippen molar-refractivity contribution >= 4 is 5.91 Å². The summed E-state index contributed by atoms with van der Waals surface area (Å²) in [6.45, 7) is 5.44. The Morgan fingerprint density at radius 2 is 2.30 bits per heavy atom. The van der Waals surface area contributed by atoms with Crippen molar-refractivity contribution in [3.8, 4) is 0 Å². The van der Waals surface area contributed by atoms with Crippen LogP contribution in [-0.2, 0) is 11.3 Å². The van der Waals surface area contributed by atoms with Gasteiger partial charge in [0.2, 0.25) is 0 Å². The Balaban J connectivity index is 1.59. The van der Waals surface area contributed by atoms with E-state index in [0.717, 1.165) is 19.6 Å². The Labute approximate surface area is 118 Å². The number of aromatic nitrogens is 3. The average Bonchev–Trinajstić information content (AvgIpc) is 2.97. The van der Waals surface area contributed by atoms with E-state index >= 15 is 0 Å². The second-order valence-corrected chi connectivity index (χ2v) is 5.44. The van der Waals surface area contributed by atoms with Crippen LogP contribution in [-0.4, -0.2) is 65.2 Å². The molecule has 2 saturated heterocycles. The Morgan fingerprint density at radius 3 is 3.05 bits per heavy atom. The fourth-order valence-electron chi connectivity index (χ4n) is 2.76. The molecule has 0 bridgehead atoms. The first-order valence-electron chi connectivity index (χ1n) is 7.31. The number of amides is 1. The van der Waals surface area contributed by atoms with Gasteiger partial charge in [0.05, 0.1) is 19.4 Å². The molecule has 2 fully saturated rings. The van der Waals surface area contributed by atoms with Gasteiger partial charge in [-0.15, -0.1) is 5.10 Å². The van der Waals surface area contributed by atoms with Crippen molar-refractivity contribution in [3.05, 3.63) is 11.9 Å². The molecule has 1 aromatic heterocycles. The molecule has 0 aliphatic carbocycles. The van der Waals surface area contributed by atoms with Gasteiger partial charge in [-0.2, -0.15) is 0 Å². The fraction of sp³-hybridized carbons (Fsp3) is 0.769. The number of carbonyl (C=O) groups excluding carboxylic acids is 1. The third kappa shape index (κ3) is 3.16. The molecule has 0 spiro atoms. The maximum atomic E-state index is 12.2. The molecule has 3 heterocycles. The van der Waals surface area contributed by atoms with E-state index in [2.05, 4.69) is 15.6 Å². The van der Waals surface area contributed by atoms with Crippen LogP contribution in [0, 0.1) is 5.92 Å². The normalized spacial score (nSPS) is 23.8. The Bertz CT molecular complexity index is 449. The van der Waals surface area contributed by atoms with Crippen molar-refractivity contribution < 1.29 is 9.53 Å². The first-order valence-corrected chi connectivity index (χ1v) is 7.31. The van der Waals surface area contributed by atoms with Gasteiger partial charge < -0.3 is 15.0 Å². The fourth-order valence-corrected chi connectivity index (χ4v) is 2.76. The molecule has 7 heteroatoms. The maximum Gasteiger partial charge on any atom is 0.276 e. The molecule has 1 aromatic rings. The van der Waals surface area contributed by atoms with Crippen LogP contribution in [0.4, 0.5) is 0 Å². The second-order valence-electron chi connectivity index (χ2n) is 5.44. The summed E-state index contributed by atoms with van der Waals surface area (Å²) in [6.07, 6.45) is 4.19. The summed E-state index contributed by atoms with van der Waals surface area (Å²) < 4.78 is 7.05. The summed E-state index contributed by atoms with van der Waals surface area (Å²) in [5.74, 6) is 0.540. The lowest BCUT2D eigenvalue weighted by Gasteiger charge is -2.25. The summed E-state index contributed by atoms with van der Waals surface area (Å²) >= 11 is 0. The van der Waals surface area contributed by atoms with Crippen LogP contribution in [0.1, 0.15) is 23.3 Å². The quantitative estimate of drug-likeness (QED) is 0.826. The summed E-state index contributed by atoms with van der Waals surface area (Å²) in [4.78, 5) is 14.0. The molecule has 2 aliphatic heterocycles. The van der Waals surface area contributed by atoms with Crippen LogP contribution < -0.4 is 5.32 Å². The van der Waals surface area contributed by atoms with E-state index in [1.165, 1.54) is 12.8 Å². The predicted octanol–water partition coefficient (Wildman–Crippen LogP) is -0.250. The van der Waals surface area contributed by atoms with Gasteiger partial charge in [-0.3, -0.25) is 9.48 Å². The standard InChI is InChI=1S/C13H21N5O2/c19-13(17-4-6-20-7-5-17)12-10-18(16-15-12)9-11-2-1-3-14-8-11/h10-11,14H,1-9H2/t11-/m0/s1. The van der Waals surface area contributed by atoms with Gasteiger partial charge in [0.1, 0.15) is 0 Å². The van der Waals surface area contributed by atoms with Gasteiger partial charge in [-0.1, -0.05) is 5.21 Å². The van der Waals surface area contributed by atoms with Crippen LogP contribution in [0.25, 0.3) is 0 Å². The number of carbonyl (C=O) groups is 1. The second kappa shape index (κ2) is 6.32. The minimum absolute atomic E-state index is 0.0404. The third-order valence-corrected chi connectivity index (χ3v) is 3.90. The third-order valence-electron chi connectivity index (χ3n) is 3.90. The largest absolute Gasteiger partial charge is 0.378 e. The van der Waals surface area contributed by atoms with E-state index in [4.69, 9.17) is 4.74 Å². The lowest BCUT2D eigenvalue weighted by Crippen LogP contribution is -2.40. The van der Waals surface area contributed by atoms with Crippen molar-refractivity contribution in [3.63, 3.8) is 0 Å². The van der Waals surface area contributed by atoms with Gasteiger partial charge >= 0.3 is 0 Å². The number of morpholine rings is 1. The summed E-state index contributed by atoms with van der Waals surface area (Å²) in [5, 5.41) is 11.5. The molecule has 0 saturated carbocycles. The molecule has 3 rings (SSSR count). The van der Waals surface area contributed by atoms with Gasteiger partial charge in [-0.25, -0.2) is 0 Å². The lowest BCUT2D eigenvalue weighted by molar-refractivity contribution is 0.0299. The number of nitrogens with one attached hydrogen (secondary N) is 1. The van der Waals surface area contributed by atoms with Crippen LogP contribution in [0.2, 0.25) is 0 Å². The Morgan fingerprint density at radius 1 is 1.45 bits per heavy atom. The number of ether oxygens (including phenoxy) is 1. The first-order chi connectivity index (χ1) is 9.83. The predicted molar refractivity (Wildman–Crippen MR) is 72.3 cm³/mol. The number of rotatable bonds is 3. The molecule has 7 nitrogen and oxygen atoms in total. The SMILES string of the molecule is O=C(c1cn(C[C@H]2CCCNC2)nn1)N1CCOCC1. The summed E-state index contributed by atoms with van der Waals surface area (Å²) in [5.41, 5.74) is 0.440. The number of hydrogen-bond acceptors (Lipinski definition) is 5. The van der Waals surface area contributed by atoms with Crippen molar-refractivity contribution in [1.29, 1.82) is 0 Å². The molecule has 0 aromatic carbocycles. The summed E-state index contributed by atoms with van der Waals surface area (Å²) in [6, 6.07) is 0. The Kier molecular flexibility index (Phi) is 4.27. The molecule has 110 valence electrons. The van der Waals surface area contributed by atoms with Gasteiger partial charge in [0, 0.05) is 19.6 Å². The highest BCUT2D eigenvalue weighted by Gasteiger charge is 2.22. The molecule has 1 atom stereocenters. The summed E-state index contributed by atoms with van der Waals surface area (Å²) in [7, 11) is 0. The van der Waals surface area contributed by atoms with Crippen molar-refractivity contribution in [2.75, 3.05) is 39.4 Å². The monoisotopic (exact) mass is 279 g/mol. The highest BCUT2D eigenvalue weighted by Crippen LogP contribution is 2.12. The van der Waals surface area contributed by atoms with E-state index in [0.29, 0.717) is 37.9 Å². The van der Waals surface area contributed by atoms with Crippen LogP contribution in [0.3, 0.4) is 0 Å². The van der Waals surface area contributed by atoms with Crippen molar-refractivity contribution in [2.24, 2.45) is 5.92 Å². The van der Waals surface area contributed by atoms with Crippen molar-refractivity contribution in [1.82, 2.24) is 25.2 Å². The molecule has 0 radical (unpaired) electrons. The van der Waals surface area contributed by atoms with E-state index in [-0.39, 0.29) is 5.91 Å². The molecule has 1 N–H and O–H groups in total. The van der Waals surface area contributed by atoms with E-state index < -0.39 is 0 Å². The van der Waals surface area contributed by atoms with Crippen LogP contribution in [0.5, 0.6) is 0 Å². The lowest BCUT2D eigenvalue weighted by atomic mass is 10.00. The minimum Gasteiger partial charge on any atom is -0.378 e. The zero-order chi connectivity index (χ0) is 13.8. The zero-order valence-corrected chi connectivity index (χ0v) is 11.6. The smallest absolute Gasteiger partial charge is 0.276 e. The highest BCUT2D eigenvalue weighted by atomic mass is 16.5. The highest BCUT2D eigenvalue weighted by molar-refractivity contribution is 5.91. The topological polar surface area (TPSA) is 72.3 Å². The van der Waals surface area contributed by atoms with Crippen LogP contribution >= 0.6 is 0 Å². The molecule has 20 heavy (non-hydrogen) atoms. The van der Waals surface area contributed by atoms with E-state index in [1.807, 2.05) is 0 Å². The first kappa shape index (κ1) is 13.5. The van der Waals surface area contributed by atoms with E-state index in [1.54, 1.807) is 15.8 Å². The molecular formula is C13H21N5O2.